The van der Waals surface area contributed by atoms with Gasteiger partial charge in [0.1, 0.15) is 17.2 Å². The Kier molecular flexibility index (Phi) is 7.69. The molecule has 2 aromatic rings. The zero-order chi connectivity index (χ0) is 23.2. The van der Waals surface area contributed by atoms with E-state index < -0.39 is 44.8 Å². The van der Waals surface area contributed by atoms with Gasteiger partial charge in [-0.15, -0.1) is 0 Å². The first-order valence-corrected chi connectivity index (χ1v) is 10.7. The normalized spacial score (nSPS) is 11.6. The van der Waals surface area contributed by atoms with Crippen LogP contribution in [0.2, 0.25) is 0 Å². The number of ether oxygens (including phenoxy) is 1. The number of amides is 2. The molecule has 31 heavy (non-hydrogen) atoms. The number of alkyl carbamates (subject to hydrolysis) is 1. The molecule has 8 nitrogen and oxygen atoms in total. The summed E-state index contributed by atoms with van der Waals surface area (Å²) in [5.74, 6) is -2.63. The molecule has 0 bridgehead atoms. The zero-order valence-corrected chi connectivity index (χ0v) is 18.0. The summed E-state index contributed by atoms with van der Waals surface area (Å²) in [4.78, 5) is 23.6. The molecule has 11 heteroatoms. The number of hydrogen-bond acceptors (Lipinski definition) is 5. The Morgan fingerprint density at radius 3 is 2.42 bits per heavy atom. The molecule has 3 N–H and O–H groups in total. The lowest BCUT2D eigenvalue weighted by molar-refractivity contribution is 0.0528. The minimum atomic E-state index is -3.96. The Morgan fingerprint density at radius 2 is 1.74 bits per heavy atom. The lowest BCUT2D eigenvalue weighted by Gasteiger charge is -2.19. The van der Waals surface area contributed by atoms with Crippen LogP contribution in [0.4, 0.5) is 19.3 Å². The van der Waals surface area contributed by atoms with E-state index in [0.29, 0.717) is 0 Å². The Labute approximate surface area is 179 Å². The van der Waals surface area contributed by atoms with Crippen LogP contribution in [0.3, 0.4) is 0 Å². The van der Waals surface area contributed by atoms with Gasteiger partial charge in [-0.25, -0.2) is 26.7 Å². The summed E-state index contributed by atoms with van der Waals surface area (Å²) >= 11 is 0. The van der Waals surface area contributed by atoms with Crippen LogP contribution in [0.1, 0.15) is 31.1 Å². The minimum Gasteiger partial charge on any atom is -0.444 e. The second kappa shape index (κ2) is 9.84. The third-order valence-electron chi connectivity index (χ3n) is 3.66. The van der Waals surface area contributed by atoms with Crippen molar-refractivity contribution in [3.05, 3.63) is 59.7 Å². The van der Waals surface area contributed by atoms with Crippen molar-refractivity contribution < 1.29 is 31.5 Å². The topological polar surface area (TPSA) is 114 Å². The summed E-state index contributed by atoms with van der Waals surface area (Å²) in [6.45, 7) is 4.98. The van der Waals surface area contributed by atoms with Crippen LogP contribution >= 0.6 is 0 Å². The number of halogens is 2. The van der Waals surface area contributed by atoms with Gasteiger partial charge in [0, 0.05) is 18.8 Å². The van der Waals surface area contributed by atoms with Crippen LogP contribution in [0, 0.1) is 11.6 Å². The summed E-state index contributed by atoms with van der Waals surface area (Å²) in [5.41, 5.74) is -1.12. The first kappa shape index (κ1) is 24.2. The number of sulfonamides is 1. The molecule has 0 radical (unpaired) electrons. The third-order valence-corrected chi connectivity index (χ3v) is 5.12. The highest BCUT2D eigenvalue weighted by Crippen LogP contribution is 2.17. The SMILES string of the molecule is CC(C)(C)OC(=O)NCCNS(=O)(=O)c1cccc(NC(=O)c2cc(F)ccc2F)c1. The van der Waals surface area contributed by atoms with Crippen molar-refractivity contribution in [1.82, 2.24) is 10.0 Å². The van der Waals surface area contributed by atoms with Crippen LogP contribution < -0.4 is 15.4 Å². The molecular formula is C20H23F2N3O5S. The quantitative estimate of drug-likeness (QED) is 0.556. The largest absolute Gasteiger partial charge is 0.444 e. The summed E-state index contributed by atoms with van der Waals surface area (Å²) < 4.78 is 59.2. The number of rotatable bonds is 7. The van der Waals surface area contributed by atoms with Gasteiger partial charge in [-0.3, -0.25) is 4.79 Å². The molecule has 2 rings (SSSR count). The van der Waals surface area contributed by atoms with Crippen LogP contribution in [0.15, 0.2) is 47.4 Å². The van der Waals surface area contributed by atoms with Gasteiger partial charge in [0.2, 0.25) is 10.0 Å². The molecule has 0 aliphatic carbocycles. The number of carbonyl (C=O) groups excluding carboxylic acids is 2. The van der Waals surface area contributed by atoms with Gasteiger partial charge in [0.25, 0.3) is 5.91 Å². The van der Waals surface area contributed by atoms with Crippen LogP contribution in [0.5, 0.6) is 0 Å². The predicted molar refractivity (Wildman–Crippen MR) is 110 cm³/mol. The summed E-state index contributed by atoms with van der Waals surface area (Å²) in [5, 5.41) is 4.75. The highest BCUT2D eigenvalue weighted by Gasteiger charge is 2.18. The average molecular weight is 455 g/mol. The fraction of sp³-hybridized carbons (Fsp3) is 0.300. The number of carbonyl (C=O) groups is 2. The van der Waals surface area contributed by atoms with Gasteiger partial charge >= 0.3 is 6.09 Å². The van der Waals surface area contributed by atoms with Gasteiger partial charge in [0.05, 0.1) is 10.5 Å². The fourth-order valence-electron chi connectivity index (χ4n) is 2.36. The molecule has 0 saturated carbocycles. The van der Waals surface area contributed by atoms with Crippen molar-refractivity contribution in [2.24, 2.45) is 0 Å². The monoisotopic (exact) mass is 455 g/mol. The lowest BCUT2D eigenvalue weighted by Crippen LogP contribution is -2.37. The highest BCUT2D eigenvalue weighted by atomic mass is 32.2. The van der Waals surface area contributed by atoms with Gasteiger partial charge in [-0.1, -0.05) is 6.07 Å². The first-order valence-electron chi connectivity index (χ1n) is 9.20. The van der Waals surface area contributed by atoms with Crippen LogP contribution in [-0.4, -0.2) is 39.1 Å². The van der Waals surface area contributed by atoms with Gasteiger partial charge in [0.15, 0.2) is 0 Å². The molecule has 0 aromatic heterocycles. The van der Waals surface area contributed by atoms with Crippen molar-refractivity contribution in [3.8, 4) is 0 Å². The van der Waals surface area contributed by atoms with Crippen LogP contribution in [0.25, 0.3) is 0 Å². The summed E-state index contributed by atoms with van der Waals surface area (Å²) in [7, 11) is -3.96. The second-order valence-corrected chi connectivity index (χ2v) is 9.20. The molecular weight excluding hydrogens is 432 g/mol. The fourth-order valence-corrected chi connectivity index (χ4v) is 3.44. The Hall–Kier alpha value is -3.05. The molecule has 0 saturated heterocycles. The standard InChI is InChI=1S/C20H23F2N3O5S/c1-20(2,3)30-19(27)23-9-10-24-31(28,29)15-6-4-5-14(12-15)25-18(26)16-11-13(21)7-8-17(16)22/h4-8,11-12,24H,9-10H2,1-3H3,(H,23,27)(H,25,26). The van der Waals surface area contributed by atoms with E-state index in [0.717, 1.165) is 18.2 Å². The molecule has 0 unspecified atom stereocenters. The van der Waals surface area contributed by atoms with E-state index in [-0.39, 0.29) is 23.7 Å². The molecule has 0 spiro atoms. The molecule has 0 atom stereocenters. The number of benzene rings is 2. The van der Waals surface area contributed by atoms with Crippen molar-refractivity contribution in [1.29, 1.82) is 0 Å². The number of hydrogen-bond donors (Lipinski definition) is 3. The Morgan fingerprint density at radius 1 is 1.03 bits per heavy atom. The maximum absolute atomic E-state index is 13.7. The van der Waals surface area contributed by atoms with E-state index in [4.69, 9.17) is 4.74 Å². The molecule has 2 aromatic carbocycles. The van der Waals surface area contributed by atoms with Crippen molar-refractivity contribution >= 4 is 27.7 Å². The number of anilines is 1. The molecule has 168 valence electrons. The van der Waals surface area contributed by atoms with E-state index in [2.05, 4.69) is 15.4 Å². The number of nitrogens with one attached hydrogen (secondary N) is 3. The van der Waals surface area contributed by atoms with E-state index >= 15 is 0 Å². The smallest absolute Gasteiger partial charge is 0.407 e. The molecule has 2 amide bonds. The summed E-state index contributed by atoms with van der Waals surface area (Å²) in [6.07, 6.45) is -0.680. The maximum atomic E-state index is 13.7. The Bertz CT molecular complexity index is 1070. The lowest BCUT2D eigenvalue weighted by atomic mass is 10.2. The molecule has 0 aliphatic heterocycles. The van der Waals surface area contributed by atoms with E-state index in [9.17, 15) is 26.8 Å². The molecule has 0 aliphatic rings. The Balaban J connectivity index is 1.99. The first-order chi connectivity index (χ1) is 14.4. The minimum absolute atomic E-state index is 0.0105. The van der Waals surface area contributed by atoms with Gasteiger partial charge in [-0.2, -0.15) is 0 Å². The van der Waals surface area contributed by atoms with Crippen LogP contribution in [-0.2, 0) is 14.8 Å². The third kappa shape index (κ3) is 7.61. The molecule has 0 fully saturated rings. The average Bonchev–Trinajstić information content (AvgIpc) is 2.66. The van der Waals surface area contributed by atoms with E-state index in [1.165, 1.54) is 24.3 Å². The molecule has 0 heterocycles. The predicted octanol–water partition coefficient (Wildman–Crippen LogP) is 3.02. The second-order valence-electron chi connectivity index (χ2n) is 7.43. The van der Waals surface area contributed by atoms with E-state index in [1.807, 2.05) is 0 Å². The van der Waals surface area contributed by atoms with Crippen molar-refractivity contribution in [2.45, 2.75) is 31.3 Å². The van der Waals surface area contributed by atoms with Gasteiger partial charge in [-0.05, 0) is 57.2 Å². The maximum Gasteiger partial charge on any atom is 0.407 e. The van der Waals surface area contributed by atoms with E-state index in [1.54, 1.807) is 20.8 Å². The van der Waals surface area contributed by atoms with Crippen molar-refractivity contribution in [3.63, 3.8) is 0 Å². The highest BCUT2D eigenvalue weighted by molar-refractivity contribution is 7.89. The van der Waals surface area contributed by atoms with Crippen molar-refractivity contribution in [2.75, 3.05) is 18.4 Å². The zero-order valence-electron chi connectivity index (χ0n) is 17.2. The summed E-state index contributed by atoms with van der Waals surface area (Å²) in [6, 6.07) is 7.68. The van der Waals surface area contributed by atoms with Gasteiger partial charge < -0.3 is 15.4 Å².